The van der Waals surface area contributed by atoms with Gasteiger partial charge < -0.3 is 14.8 Å². The van der Waals surface area contributed by atoms with Gasteiger partial charge >= 0.3 is 0 Å². The molecule has 1 heterocycles. The molecule has 4 rings (SSSR count). The number of nitrogens with one attached hydrogen (secondary N) is 2. The minimum Gasteiger partial charge on any atom is -0.508 e. The predicted molar refractivity (Wildman–Crippen MR) is 113 cm³/mol. The van der Waals surface area contributed by atoms with Gasteiger partial charge in [-0.05, 0) is 49.4 Å². The number of nitrogens with zero attached hydrogens (tertiary/aromatic N) is 1. The van der Waals surface area contributed by atoms with Crippen LogP contribution in [0.5, 0.6) is 5.75 Å². The predicted octanol–water partition coefficient (Wildman–Crippen LogP) is 4.63. The molecule has 0 spiro atoms. The molecule has 1 amide bonds. The first-order chi connectivity index (χ1) is 14.1. The zero-order valence-corrected chi connectivity index (χ0v) is 15.7. The first kappa shape index (κ1) is 18.3. The molecule has 0 saturated heterocycles. The lowest BCUT2D eigenvalue weighted by molar-refractivity contribution is 0.102. The van der Waals surface area contributed by atoms with Crippen LogP contribution in [0.1, 0.15) is 15.9 Å². The number of benzene rings is 3. The summed E-state index contributed by atoms with van der Waals surface area (Å²) in [7, 11) is 0. The Balaban J connectivity index is 1.76. The Morgan fingerprint density at radius 2 is 1.69 bits per heavy atom. The van der Waals surface area contributed by atoms with Gasteiger partial charge in [-0.15, -0.1) is 5.10 Å². The van der Waals surface area contributed by atoms with Crippen LogP contribution in [0.15, 0.2) is 88.4 Å². The number of anilines is 2. The van der Waals surface area contributed by atoms with Crippen molar-refractivity contribution < 1.29 is 14.3 Å². The number of aryl methyl sites for hydroxylation is 1. The number of para-hydroxylation sites is 1. The Hall–Kier alpha value is -4.06. The summed E-state index contributed by atoms with van der Waals surface area (Å²) in [5.41, 5.74) is 6.23. The Bertz CT molecular complexity index is 1230. The summed E-state index contributed by atoms with van der Waals surface area (Å²) in [6, 6.07) is 23.3. The lowest BCUT2D eigenvalue weighted by Gasteiger charge is -2.08. The van der Waals surface area contributed by atoms with E-state index < -0.39 is 0 Å². The number of phenols is 1. The second-order valence-corrected chi connectivity index (χ2v) is 6.60. The first-order valence-electron chi connectivity index (χ1n) is 9.08. The van der Waals surface area contributed by atoms with Crippen LogP contribution in [0.4, 0.5) is 11.4 Å². The van der Waals surface area contributed by atoms with Crippen molar-refractivity contribution in [3.05, 3.63) is 95.5 Å². The summed E-state index contributed by atoms with van der Waals surface area (Å²) in [4.78, 5) is 12.9. The molecule has 0 aliphatic carbocycles. The van der Waals surface area contributed by atoms with E-state index in [9.17, 15) is 9.90 Å². The molecule has 0 saturated carbocycles. The molecule has 0 radical (unpaired) electrons. The summed E-state index contributed by atoms with van der Waals surface area (Å²) in [6.45, 7) is 1.98. The molecule has 0 aliphatic heterocycles. The average Bonchev–Trinajstić information content (AvgIpc) is 2.74. The highest BCUT2D eigenvalue weighted by atomic mass is 16.3. The SMILES string of the molecule is Cc1ccc(NC(=O)c2cc3ccc(O)cc3oc2=NNc2ccccc2)cc1. The highest BCUT2D eigenvalue weighted by Crippen LogP contribution is 2.20. The van der Waals surface area contributed by atoms with Crippen molar-refractivity contribution in [1.82, 2.24) is 0 Å². The van der Waals surface area contributed by atoms with Crippen molar-refractivity contribution in [2.75, 3.05) is 10.7 Å². The minimum absolute atomic E-state index is 0.0695. The van der Waals surface area contributed by atoms with Crippen molar-refractivity contribution >= 4 is 28.3 Å². The van der Waals surface area contributed by atoms with Gasteiger partial charge in [0.05, 0.1) is 5.69 Å². The number of aromatic hydroxyl groups is 1. The first-order valence-corrected chi connectivity index (χ1v) is 9.08. The lowest BCUT2D eigenvalue weighted by Crippen LogP contribution is -2.22. The van der Waals surface area contributed by atoms with Gasteiger partial charge in [-0.25, -0.2) is 0 Å². The highest BCUT2D eigenvalue weighted by Gasteiger charge is 2.13. The number of rotatable bonds is 4. The van der Waals surface area contributed by atoms with Crippen LogP contribution < -0.4 is 16.3 Å². The molecule has 29 heavy (non-hydrogen) atoms. The van der Waals surface area contributed by atoms with E-state index in [4.69, 9.17) is 4.42 Å². The molecule has 1 aromatic heterocycles. The van der Waals surface area contributed by atoms with Crippen molar-refractivity contribution in [3.8, 4) is 5.75 Å². The zero-order chi connectivity index (χ0) is 20.2. The molecular formula is C23H19N3O3. The van der Waals surface area contributed by atoms with E-state index >= 15 is 0 Å². The molecule has 0 atom stereocenters. The molecule has 0 aliphatic rings. The summed E-state index contributed by atoms with van der Waals surface area (Å²) in [5.74, 6) is -0.277. The second kappa shape index (κ2) is 7.90. The normalized spacial score (nSPS) is 11.4. The van der Waals surface area contributed by atoms with Crippen molar-refractivity contribution in [1.29, 1.82) is 0 Å². The van der Waals surface area contributed by atoms with Gasteiger partial charge in [0.25, 0.3) is 5.91 Å². The molecule has 0 unspecified atom stereocenters. The fourth-order valence-corrected chi connectivity index (χ4v) is 2.82. The molecule has 6 heteroatoms. The van der Waals surface area contributed by atoms with E-state index in [2.05, 4.69) is 15.8 Å². The van der Waals surface area contributed by atoms with E-state index in [1.54, 1.807) is 18.2 Å². The van der Waals surface area contributed by atoms with Crippen LogP contribution in [-0.4, -0.2) is 11.0 Å². The number of carbonyl (C=O) groups is 1. The largest absolute Gasteiger partial charge is 0.508 e. The van der Waals surface area contributed by atoms with Crippen LogP contribution in [0.25, 0.3) is 11.0 Å². The maximum Gasteiger partial charge on any atom is 0.261 e. The van der Waals surface area contributed by atoms with Gasteiger partial charge in [0.15, 0.2) is 0 Å². The lowest BCUT2D eigenvalue weighted by atomic mass is 10.1. The van der Waals surface area contributed by atoms with Gasteiger partial charge in [0.2, 0.25) is 5.55 Å². The molecule has 6 nitrogen and oxygen atoms in total. The zero-order valence-electron chi connectivity index (χ0n) is 15.7. The number of carbonyl (C=O) groups excluding carboxylic acids is 1. The van der Waals surface area contributed by atoms with Gasteiger partial charge in [0, 0.05) is 17.1 Å². The third-order valence-corrected chi connectivity index (χ3v) is 4.35. The Morgan fingerprint density at radius 3 is 2.45 bits per heavy atom. The molecule has 3 N–H and O–H groups in total. The maximum absolute atomic E-state index is 12.9. The van der Waals surface area contributed by atoms with E-state index in [0.29, 0.717) is 16.7 Å². The smallest absolute Gasteiger partial charge is 0.261 e. The Kier molecular flexibility index (Phi) is 4.99. The fourth-order valence-electron chi connectivity index (χ4n) is 2.82. The van der Waals surface area contributed by atoms with Crippen LogP contribution in [0.3, 0.4) is 0 Å². The van der Waals surface area contributed by atoms with E-state index in [1.165, 1.54) is 6.07 Å². The summed E-state index contributed by atoms with van der Waals surface area (Å²) in [5, 5.41) is 17.6. The Morgan fingerprint density at radius 1 is 0.931 bits per heavy atom. The number of fused-ring (bicyclic) bond motifs is 1. The average molecular weight is 385 g/mol. The summed E-state index contributed by atoms with van der Waals surface area (Å²) in [6.07, 6.45) is 0. The summed E-state index contributed by atoms with van der Waals surface area (Å²) < 4.78 is 5.82. The summed E-state index contributed by atoms with van der Waals surface area (Å²) >= 11 is 0. The molecule has 4 aromatic rings. The standard InChI is InChI=1S/C23H19N3O3/c1-15-7-10-17(11-8-15)24-22(28)20-13-16-9-12-19(27)14-21(16)29-23(20)26-25-18-5-3-2-4-6-18/h2-14,25,27H,1H3,(H,24,28). The molecule has 0 fully saturated rings. The van der Waals surface area contributed by atoms with Gasteiger partial charge in [0.1, 0.15) is 16.9 Å². The quantitative estimate of drug-likeness (QED) is 0.447. The Labute approximate surface area is 167 Å². The van der Waals surface area contributed by atoms with Crippen molar-refractivity contribution in [2.45, 2.75) is 6.92 Å². The monoisotopic (exact) mass is 385 g/mol. The van der Waals surface area contributed by atoms with Crippen LogP contribution in [0, 0.1) is 6.92 Å². The number of phenolic OH excluding ortho intramolecular Hbond substituents is 1. The van der Waals surface area contributed by atoms with E-state index in [0.717, 1.165) is 11.3 Å². The minimum atomic E-state index is -0.346. The van der Waals surface area contributed by atoms with Crippen LogP contribution in [-0.2, 0) is 0 Å². The highest BCUT2D eigenvalue weighted by molar-refractivity contribution is 6.05. The fraction of sp³-hybridized carbons (Fsp3) is 0.0435. The van der Waals surface area contributed by atoms with Gasteiger partial charge in [-0.3, -0.25) is 10.2 Å². The molecule has 144 valence electrons. The van der Waals surface area contributed by atoms with Gasteiger partial charge in [-0.1, -0.05) is 35.9 Å². The molecule has 3 aromatic carbocycles. The van der Waals surface area contributed by atoms with E-state index in [-0.39, 0.29) is 22.8 Å². The number of amides is 1. The van der Waals surface area contributed by atoms with Crippen LogP contribution in [0.2, 0.25) is 0 Å². The number of hydrogen-bond donors (Lipinski definition) is 3. The maximum atomic E-state index is 12.9. The molecule has 0 bridgehead atoms. The topological polar surface area (TPSA) is 86.9 Å². The van der Waals surface area contributed by atoms with Gasteiger partial charge in [-0.2, -0.15) is 0 Å². The number of hydrogen-bond acceptors (Lipinski definition) is 5. The van der Waals surface area contributed by atoms with Crippen molar-refractivity contribution in [2.24, 2.45) is 5.10 Å². The van der Waals surface area contributed by atoms with Crippen molar-refractivity contribution in [3.63, 3.8) is 0 Å². The molecular weight excluding hydrogens is 366 g/mol. The third-order valence-electron chi connectivity index (χ3n) is 4.35. The third kappa shape index (κ3) is 4.27. The van der Waals surface area contributed by atoms with Crippen LogP contribution >= 0.6 is 0 Å². The second-order valence-electron chi connectivity index (χ2n) is 6.60. The van der Waals surface area contributed by atoms with E-state index in [1.807, 2.05) is 61.5 Å².